The number of alkyl carbamates (subject to hydrolysis) is 1. The van der Waals surface area contributed by atoms with Crippen molar-refractivity contribution in [1.29, 1.82) is 0 Å². The second-order valence-corrected chi connectivity index (χ2v) is 7.05. The van der Waals surface area contributed by atoms with E-state index in [1.165, 1.54) is 0 Å². The molecule has 0 spiro atoms. The van der Waals surface area contributed by atoms with Gasteiger partial charge in [-0.15, -0.1) is 0 Å². The number of nitrogens with one attached hydrogen (secondary N) is 1. The summed E-state index contributed by atoms with van der Waals surface area (Å²) in [6, 6.07) is 5.32. The van der Waals surface area contributed by atoms with E-state index in [1.807, 2.05) is 45.0 Å². The minimum atomic E-state index is -0.695. The van der Waals surface area contributed by atoms with Crippen LogP contribution in [0.4, 0.5) is 4.79 Å². The zero-order valence-corrected chi connectivity index (χ0v) is 14.1. The molecule has 1 aliphatic heterocycles. The number of ether oxygens (including phenoxy) is 3. The number of aliphatic hydroxyl groups excluding tert-OH is 1. The van der Waals surface area contributed by atoms with Gasteiger partial charge in [0.1, 0.15) is 5.60 Å². The number of hydrogen-bond donors (Lipinski definition) is 2. The molecule has 0 aromatic heterocycles. The molecule has 6 nitrogen and oxygen atoms in total. The van der Waals surface area contributed by atoms with Crippen molar-refractivity contribution in [3.63, 3.8) is 0 Å². The van der Waals surface area contributed by atoms with Crippen molar-refractivity contribution in [1.82, 2.24) is 5.32 Å². The molecule has 130 valence electrons. The van der Waals surface area contributed by atoms with Crippen molar-refractivity contribution in [3.05, 3.63) is 35.9 Å². The normalized spacial score (nSPS) is 25.4. The van der Waals surface area contributed by atoms with E-state index in [-0.39, 0.29) is 18.8 Å². The molecule has 1 heterocycles. The SMILES string of the molecule is CC(C)(C)OC(=O)N[C@H]1CC=C[C@@H](O)[C@@H]1c1ccc2c(c1)OCO2. The number of hydrogen-bond acceptors (Lipinski definition) is 5. The molecule has 6 heteroatoms. The van der Waals surface area contributed by atoms with Crippen LogP contribution < -0.4 is 14.8 Å². The summed E-state index contributed by atoms with van der Waals surface area (Å²) in [5.74, 6) is 1.07. The number of carbonyl (C=O) groups excluding carboxylic acids is 1. The Hall–Kier alpha value is -2.21. The van der Waals surface area contributed by atoms with Crippen molar-refractivity contribution >= 4 is 6.09 Å². The van der Waals surface area contributed by atoms with Crippen molar-refractivity contribution in [2.24, 2.45) is 0 Å². The quantitative estimate of drug-likeness (QED) is 0.814. The number of carbonyl (C=O) groups is 1. The van der Waals surface area contributed by atoms with Crippen LogP contribution in [0, 0.1) is 0 Å². The topological polar surface area (TPSA) is 77.0 Å². The van der Waals surface area contributed by atoms with Crippen molar-refractivity contribution in [2.75, 3.05) is 6.79 Å². The van der Waals surface area contributed by atoms with E-state index in [4.69, 9.17) is 14.2 Å². The van der Waals surface area contributed by atoms with Gasteiger partial charge in [-0.1, -0.05) is 18.2 Å². The maximum atomic E-state index is 12.1. The fourth-order valence-electron chi connectivity index (χ4n) is 3.03. The molecular weight excluding hydrogens is 310 g/mol. The zero-order chi connectivity index (χ0) is 17.3. The Morgan fingerprint density at radius 3 is 2.79 bits per heavy atom. The van der Waals surface area contributed by atoms with Crippen LogP contribution in [-0.2, 0) is 4.74 Å². The van der Waals surface area contributed by atoms with Crippen LogP contribution in [-0.4, -0.2) is 35.7 Å². The summed E-state index contributed by atoms with van der Waals surface area (Å²) in [7, 11) is 0. The minimum absolute atomic E-state index is 0.200. The molecule has 0 saturated heterocycles. The highest BCUT2D eigenvalue weighted by atomic mass is 16.7. The fourth-order valence-corrected chi connectivity index (χ4v) is 3.03. The molecule has 2 N–H and O–H groups in total. The van der Waals surface area contributed by atoms with Crippen LogP contribution in [0.1, 0.15) is 38.7 Å². The van der Waals surface area contributed by atoms with E-state index in [1.54, 1.807) is 6.08 Å². The Labute approximate surface area is 141 Å². The highest BCUT2D eigenvalue weighted by Crippen LogP contribution is 2.38. The summed E-state index contributed by atoms with van der Waals surface area (Å²) in [4.78, 5) is 12.1. The van der Waals surface area contributed by atoms with Crippen LogP contribution in [0.25, 0.3) is 0 Å². The molecule has 0 fully saturated rings. The van der Waals surface area contributed by atoms with Crippen molar-refractivity contribution in [3.8, 4) is 11.5 Å². The lowest BCUT2D eigenvalue weighted by molar-refractivity contribution is 0.0474. The lowest BCUT2D eigenvalue weighted by Crippen LogP contribution is -2.46. The van der Waals surface area contributed by atoms with Crippen LogP contribution in [0.5, 0.6) is 11.5 Å². The molecule has 1 aromatic carbocycles. The molecule has 3 rings (SSSR count). The molecule has 0 bridgehead atoms. The second kappa shape index (κ2) is 6.36. The Balaban J connectivity index is 1.80. The van der Waals surface area contributed by atoms with Crippen LogP contribution in [0.2, 0.25) is 0 Å². The van der Waals surface area contributed by atoms with Gasteiger partial charge in [-0.05, 0) is 44.9 Å². The van der Waals surface area contributed by atoms with Crippen LogP contribution in [0.3, 0.4) is 0 Å². The molecule has 0 radical (unpaired) electrons. The number of aliphatic hydroxyl groups is 1. The first-order valence-corrected chi connectivity index (χ1v) is 8.07. The van der Waals surface area contributed by atoms with Crippen LogP contribution >= 0.6 is 0 Å². The largest absolute Gasteiger partial charge is 0.454 e. The number of amides is 1. The third-order valence-electron chi connectivity index (χ3n) is 4.01. The number of rotatable bonds is 2. The Morgan fingerprint density at radius 1 is 1.29 bits per heavy atom. The van der Waals surface area contributed by atoms with Gasteiger partial charge in [0, 0.05) is 12.0 Å². The number of fused-ring (bicyclic) bond motifs is 1. The average Bonchev–Trinajstić information content (AvgIpc) is 2.92. The highest BCUT2D eigenvalue weighted by molar-refractivity contribution is 5.68. The molecule has 24 heavy (non-hydrogen) atoms. The van der Waals surface area contributed by atoms with Gasteiger partial charge in [0.15, 0.2) is 11.5 Å². The summed E-state index contributed by atoms with van der Waals surface area (Å²) < 4.78 is 16.1. The van der Waals surface area contributed by atoms with E-state index >= 15 is 0 Å². The van der Waals surface area contributed by atoms with Crippen molar-refractivity contribution < 1.29 is 24.1 Å². The molecule has 1 aliphatic carbocycles. The first kappa shape index (κ1) is 16.6. The van der Waals surface area contributed by atoms with Crippen LogP contribution in [0.15, 0.2) is 30.4 Å². The van der Waals surface area contributed by atoms with Gasteiger partial charge in [-0.25, -0.2) is 4.79 Å². The predicted octanol–water partition coefficient (Wildman–Crippen LogP) is 2.71. The monoisotopic (exact) mass is 333 g/mol. The molecule has 0 unspecified atom stereocenters. The smallest absolute Gasteiger partial charge is 0.407 e. The lowest BCUT2D eigenvalue weighted by Gasteiger charge is -2.33. The fraction of sp³-hybridized carbons (Fsp3) is 0.500. The van der Waals surface area contributed by atoms with Gasteiger partial charge in [0.25, 0.3) is 0 Å². The van der Waals surface area contributed by atoms with Gasteiger partial charge in [0.05, 0.1) is 6.10 Å². The summed E-state index contributed by atoms with van der Waals surface area (Å²) in [5, 5.41) is 13.3. The first-order valence-electron chi connectivity index (χ1n) is 8.07. The highest BCUT2D eigenvalue weighted by Gasteiger charge is 2.34. The molecule has 2 aliphatic rings. The number of benzene rings is 1. The van der Waals surface area contributed by atoms with Gasteiger partial charge in [-0.3, -0.25) is 0 Å². The van der Waals surface area contributed by atoms with Crippen molar-refractivity contribution in [2.45, 2.75) is 50.9 Å². The molecule has 3 atom stereocenters. The predicted molar refractivity (Wildman–Crippen MR) is 88.2 cm³/mol. The Morgan fingerprint density at radius 2 is 2.04 bits per heavy atom. The van der Waals surface area contributed by atoms with E-state index in [0.29, 0.717) is 17.9 Å². The summed E-state index contributed by atoms with van der Waals surface area (Å²) in [6.45, 7) is 5.65. The van der Waals surface area contributed by atoms with Gasteiger partial charge in [0.2, 0.25) is 6.79 Å². The maximum Gasteiger partial charge on any atom is 0.407 e. The van der Waals surface area contributed by atoms with E-state index in [9.17, 15) is 9.90 Å². The molecule has 1 aromatic rings. The lowest BCUT2D eigenvalue weighted by atomic mass is 9.81. The first-order chi connectivity index (χ1) is 11.3. The standard InChI is InChI=1S/C18H23NO5/c1-18(2,3)24-17(21)19-12-5-4-6-13(20)16(12)11-7-8-14-15(9-11)23-10-22-14/h4,6-9,12-13,16,20H,5,10H2,1-3H3,(H,19,21)/t12-,13+,16+/m0/s1. The average molecular weight is 333 g/mol. The molecular formula is C18H23NO5. The third-order valence-corrected chi connectivity index (χ3v) is 4.01. The summed E-state index contributed by atoms with van der Waals surface area (Å²) >= 11 is 0. The van der Waals surface area contributed by atoms with E-state index < -0.39 is 17.8 Å². The summed E-state index contributed by atoms with van der Waals surface area (Å²) in [5.41, 5.74) is 0.318. The Kier molecular flexibility index (Phi) is 4.41. The van der Waals surface area contributed by atoms with Gasteiger partial charge < -0.3 is 24.6 Å². The van der Waals surface area contributed by atoms with Gasteiger partial charge >= 0.3 is 6.09 Å². The molecule has 0 saturated carbocycles. The second-order valence-electron chi connectivity index (χ2n) is 7.05. The summed E-state index contributed by atoms with van der Waals surface area (Å²) in [6.07, 6.45) is 3.06. The minimum Gasteiger partial charge on any atom is -0.454 e. The molecule has 1 amide bonds. The maximum absolute atomic E-state index is 12.1. The van der Waals surface area contributed by atoms with Gasteiger partial charge in [-0.2, -0.15) is 0 Å². The zero-order valence-electron chi connectivity index (χ0n) is 14.1. The van der Waals surface area contributed by atoms with E-state index in [2.05, 4.69) is 5.32 Å². The van der Waals surface area contributed by atoms with E-state index in [0.717, 1.165) is 5.56 Å². The Bertz CT molecular complexity index is 649. The third kappa shape index (κ3) is 3.64.